The second kappa shape index (κ2) is 6.85. The maximum absolute atomic E-state index is 11.2. The largest absolute Gasteiger partial charge is 0.481 e. The summed E-state index contributed by atoms with van der Waals surface area (Å²) in [6, 6.07) is 1.90. The second-order valence-electron chi connectivity index (χ2n) is 5.79. The van der Waals surface area contributed by atoms with E-state index < -0.39 is 5.97 Å². The number of carboxylic acid groups (broad SMARTS) is 1. The van der Waals surface area contributed by atoms with Gasteiger partial charge < -0.3 is 14.7 Å². The van der Waals surface area contributed by atoms with Gasteiger partial charge >= 0.3 is 5.97 Å². The predicted molar refractivity (Wildman–Crippen MR) is 79.4 cm³/mol. The van der Waals surface area contributed by atoms with E-state index in [9.17, 15) is 9.90 Å². The van der Waals surface area contributed by atoms with Crippen LogP contribution in [-0.2, 0) is 16.1 Å². The Morgan fingerprint density at radius 1 is 1.52 bits per heavy atom. The van der Waals surface area contributed by atoms with Gasteiger partial charge in [-0.15, -0.1) is 0 Å². The molecule has 0 aliphatic carbocycles. The maximum Gasteiger partial charge on any atom is 0.308 e. The first-order chi connectivity index (χ1) is 10.0. The molecule has 1 saturated heterocycles. The number of rotatable bonds is 5. The van der Waals surface area contributed by atoms with Crippen LogP contribution in [0.25, 0.3) is 0 Å². The van der Waals surface area contributed by atoms with Crippen LogP contribution >= 0.6 is 0 Å². The maximum atomic E-state index is 11.2. The Hall–Kier alpha value is -1.69. The predicted octanol–water partition coefficient (Wildman–Crippen LogP) is 2.05. The summed E-state index contributed by atoms with van der Waals surface area (Å²) in [4.78, 5) is 22.3. The lowest BCUT2D eigenvalue weighted by atomic mass is 9.98. The third kappa shape index (κ3) is 3.91. The van der Waals surface area contributed by atoms with E-state index in [4.69, 9.17) is 4.74 Å². The van der Waals surface area contributed by atoms with Crippen molar-refractivity contribution < 1.29 is 14.6 Å². The summed E-state index contributed by atoms with van der Waals surface area (Å²) in [6.07, 6.45) is 1.61. The molecule has 2 heterocycles. The van der Waals surface area contributed by atoms with E-state index in [1.807, 2.05) is 19.9 Å². The van der Waals surface area contributed by atoms with Gasteiger partial charge in [-0.1, -0.05) is 13.8 Å². The topological polar surface area (TPSA) is 75.5 Å². The summed E-state index contributed by atoms with van der Waals surface area (Å²) in [5.41, 5.74) is 0.837. The highest BCUT2D eigenvalue weighted by Crippen LogP contribution is 2.24. The lowest BCUT2D eigenvalue weighted by molar-refractivity contribution is -0.141. The number of piperidine rings is 1. The standard InChI is InChI=1S/C15H23N3O3/c1-10(2)14-16-12(9-21-3)7-13(17-14)18-6-4-5-11(8-18)15(19)20/h7,10-11H,4-6,8-9H2,1-3H3,(H,19,20). The fraction of sp³-hybridized carbons (Fsp3) is 0.667. The van der Waals surface area contributed by atoms with Crippen molar-refractivity contribution >= 4 is 11.8 Å². The molecule has 116 valence electrons. The minimum Gasteiger partial charge on any atom is -0.481 e. The molecule has 6 nitrogen and oxygen atoms in total. The van der Waals surface area contributed by atoms with Crippen LogP contribution < -0.4 is 4.90 Å². The molecule has 1 aromatic heterocycles. The van der Waals surface area contributed by atoms with Gasteiger partial charge in [0.25, 0.3) is 0 Å². The van der Waals surface area contributed by atoms with Crippen LogP contribution in [0.1, 0.15) is 44.1 Å². The van der Waals surface area contributed by atoms with Gasteiger partial charge in [0, 0.05) is 32.2 Å². The molecule has 0 amide bonds. The zero-order chi connectivity index (χ0) is 15.4. The number of ether oxygens (including phenoxy) is 1. The van der Waals surface area contributed by atoms with Crippen LogP contribution in [0.2, 0.25) is 0 Å². The Kier molecular flexibility index (Phi) is 5.12. The number of carboxylic acids is 1. The van der Waals surface area contributed by atoms with Crippen molar-refractivity contribution in [2.24, 2.45) is 5.92 Å². The number of aliphatic carboxylic acids is 1. The van der Waals surface area contributed by atoms with Crippen molar-refractivity contribution in [2.75, 3.05) is 25.1 Å². The van der Waals surface area contributed by atoms with Crippen LogP contribution in [0, 0.1) is 5.92 Å². The molecule has 1 fully saturated rings. The molecular weight excluding hydrogens is 270 g/mol. The van der Waals surface area contributed by atoms with Gasteiger partial charge in [-0.25, -0.2) is 9.97 Å². The molecule has 0 saturated carbocycles. The highest BCUT2D eigenvalue weighted by atomic mass is 16.5. The quantitative estimate of drug-likeness (QED) is 0.895. The molecule has 0 radical (unpaired) electrons. The summed E-state index contributed by atoms with van der Waals surface area (Å²) in [6.45, 7) is 5.88. The Morgan fingerprint density at radius 3 is 2.90 bits per heavy atom. The monoisotopic (exact) mass is 293 g/mol. The summed E-state index contributed by atoms with van der Waals surface area (Å²) in [5.74, 6) is 0.765. The smallest absolute Gasteiger partial charge is 0.308 e. The van der Waals surface area contributed by atoms with E-state index in [2.05, 4.69) is 14.9 Å². The van der Waals surface area contributed by atoms with E-state index in [0.29, 0.717) is 13.2 Å². The fourth-order valence-electron chi connectivity index (χ4n) is 2.53. The number of hydrogen-bond donors (Lipinski definition) is 1. The zero-order valence-corrected chi connectivity index (χ0v) is 12.9. The molecule has 1 aliphatic rings. The lowest BCUT2D eigenvalue weighted by Crippen LogP contribution is -2.39. The second-order valence-corrected chi connectivity index (χ2v) is 5.79. The minimum absolute atomic E-state index is 0.223. The summed E-state index contributed by atoms with van der Waals surface area (Å²) < 4.78 is 5.16. The van der Waals surface area contributed by atoms with E-state index in [0.717, 1.165) is 36.7 Å². The molecule has 1 N–H and O–H groups in total. The molecule has 2 rings (SSSR count). The first-order valence-corrected chi connectivity index (χ1v) is 7.35. The first-order valence-electron chi connectivity index (χ1n) is 7.35. The van der Waals surface area contributed by atoms with Crippen LogP contribution in [0.5, 0.6) is 0 Å². The number of hydrogen-bond acceptors (Lipinski definition) is 5. The average Bonchev–Trinajstić information content (AvgIpc) is 2.47. The van der Waals surface area contributed by atoms with E-state index >= 15 is 0 Å². The summed E-state index contributed by atoms with van der Waals surface area (Å²) in [7, 11) is 1.64. The Morgan fingerprint density at radius 2 is 2.29 bits per heavy atom. The molecule has 1 atom stereocenters. The van der Waals surface area contributed by atoms with Crippen molar-refractivity contribution in [1.29, 1.82) is 0 Å². The van der Waals surface area contributed by atoms with Crippen molar-refractivity contribution in [1.82, 2.24) is 9.97 Å². The zero-order valence-electron chi connectivity index (χ0n) is 12.9. The minimum atomic E-state index is -0.727. The van der Waals surface area contributed by atoms with Crippen LogP contribution in [0.4, 0.5) is 5.82 Å². The Bertz CT molecular complexity index is 505. The van der Waals surface area contributed by atoms with Crippen molar-refractivity contribution in [3.63, 3.8) is 0 Å². The SMILES string of the molecule is COCc1cc(N2CCCC(C(=O)O)C2)nc(C(C)C)n1. The summed E-state index contributed by atoms with van der Waals surface area (Å²) in [5, 5.41) is 9.21. The normalized spacial score (nSPS) is 19.0. The van der Waals surface area contributed by atoms with Gasteiger partial charge in [0.2, 0.25) is 0 Å². The average molecular weight is 293 g/mol. The van der Waals surface area contributed by atoms with Crippen LogP contribution in [0.3, 0.4) is 0 Å². The van der Waals surface area contributed by atoms with E-state index in [-0.39, 0.29) is 11.8 Å². The van der Waals surface area contributed by atoms with Crippen LogP contribution in [0.15, 0.2) is 6.07 Å². The number of methoxy groups -OCH3 is 1. The fourth-order valence-corrected chi connectivity index (χ4v) is 2.53. The van der Waals surface area contributed by atoms with Gasteiger partial charge in [0.05, 0.1) is 18.2 Å². The Balaban J connectivity index is 2.26. The molecule has 0 spiro atoms. The third-order valence-corrected chi connectivity index (χ3v) is 3.69. The van der Waals surface area contributed by atoms with Gasteiger partial charge in [-0.2, -0.15) is 0 Å². The molecule has 1 unspecified atom stereocenters. The van der Waals surface area contributed by atoms with Crippen LogP contribution in [-0.4, -0.2) is 41.2 Å². The van der Waals surface area contributed by atoms with Crippen molar-refractivity contribution in [2.45, 2.75) is 39.2 Å². The van der Waals surface area contributed by atoms with Gasteiger partial charge in [-0.3, -0.25) is 4.79 Å². The van der Waals surface area contributed by atoms with Gasteiger partial charge in [-0.05, 0) is 12.8 Å². The number of aromatic nitrogens is 2. The van der Waals surface area contributed by atoms with Crippen molar-refractivity contribution in [3.05, 3.63) is 17.6 Å². The molecule has 6 heteroatoms. The molecule has 1 aliphatic heterocycles. The third-order valence-electron chi connectivity index (χ3n) is 3.69. The molecule has 0 aromatic carbocycles. The lowest BCUT2D eigenvalue weighted by Gasteiger charge is -2.32. The van der Waals surface area contributed by atoms with Gasteiger partial charge in [0.15, 0.2) is 0 Å². The molecule has 1 aromatic rings. The van der Waals surface area contributed by atoms with E-state index in [1.165, 1.54) is 0 Å². The molecule has 21 heavy (non-hydrogen) atoms. The highest BCUT2D eigenvalue weighted by Gasteiger charge is 2.26. The summed E-state index contributed by atoms with van der Waals surface area (Å²) >= 11 is 0. The number of carbonyl (C=O) groups is 1. The van der Waals surface area contributed by atoms with Crippen molar-refractivity contribution in [3.8, 4) is 0 Å². The first kappa shape index (κ1) is 15.7. The number of anilines is 1. The number of nitrogens with zero attached hydrogens (tertiary/aromatic N) is 3. The molecule has 0 bridgehead atoms. The van der Waals surface area contributed by atoms with E-state index in [1.54, 1.807) is 7.11 Å². The molecular formula is C15H23N3O3. The highest BCUT2D eigenvalue weighted by molar-refractivity contribution is 5.71. The van der Waals surface area contributed by atoms with Gasteiger partial charge in [0.1, 0.15) is 11.6 Å². The Labute approximate surface area is 125 Å².